The van der Waals surface area contributed by atoms with E-state index in [9.17, 15) is 4.79 Å². The fourth-order valence-electron chi connectivity index (χ4n) is 3.46. The lowest BCUT2D eigenvalue weighted by Gasteiger charge is -2.32. The molecule has 4 nitrogen and oxygen atoms in total. The second kappa shape index (κ2) is 7.74. The number of fused-ring (bicyclic) bond motifs is 1. The minimum atomic E-state index is 0.0207. The van der Waals surface area contributed by atoms with Gasteiger partial charge in [0, 0.05) is 35.4 Å². The quantitative estimate of drug-likeness (QED) is 0.701. The SMILES string of the molecule is O=C(Nc1ccc2sncc2c1)[C@H]1CCCN(Cc2ccc(Cl)cc2)C1. The molecule has 1 saturated heterocycles. The van der Waals surface area contributed by atoms with E-state index in [0.29, 0.717) is 0 Å². The van der Waals surface area contributed by atoms with Crippen LogP contribution in [0.2, 0.25) is 5.02 Å². The topological polar surface area (TPSA) is 45.2 Å². The average molecular weight is 386 g/mol. The lowest BCUT2D eigenvalue weighted by atomic mass is 9.96. The molecule has 3 aromatic rings. The predicted octanol–water partition coefficient (Wildman–Crippen LogP) is 4.80. The smallest absolute Gasteiger partial charge is 0.228 e. The summed E-state index contributed by atoms with van der Waals surface area (Å²) in [7, 11) is 0. The maximum absolute atomic E-state index is 12.7. The number of halogens is 1. The van der Waals surface area contributed by atoms with E-state index in [4.69, 9.17) is 11.6 Å². The number of anilines is 1. The Morgan fingerprint density at radius 1 is 1.27 bits per heavy atom. The molecule has 0 radical (unpaired) electrons. The van der Waals surface area contributed by atoms with Crippen LogP contribution in [0.3, 0.4) is 0 Å². The average Bonchev–Trinajstić information content (AvgIpc) is 3.12. The molecule has 0 spiro atoms. The third kappa shape index (κ3) is 4.06. The van der Waals surface area contributed by atoms with Gasteiger partial charge in [-0.25, -0.2) is 0 Å². The van der Waals surface area contributed by atoms with E-state index >= 15 is 0 Å². The molecule has 0 aliphatic carbocycles. The van der Waals surface area contributed by atoms with Gasteiger partial charge in [-0.1, -0.05) is 23.7 Å². The number of nitrogens with one attached hydrogen (secondary N) is 1. The van der Waals surface area contributed by atoms with Crippen LogP contribution in [0.5, 0.6) is 0 Å². The Bertz CT molecular complexity index is 909. The second-order valence-corrected chi connectivity index (χ2v) is 8.04. The molecule has 134 valence electrons. The molecule has 4 rings (SSSR count). The molecule has 1 aliphatic rings. The summed E-state index contributed by atoms with van der Waals surface area (Å²) < 4.78 is 5.31. The Hall–Kier alpha value is -1.95. The van der Waals surface area contributed by atoms with E-state index in [0.717, 1.165) is 53.3 Å². The Kier molecular flexibility index (Phi) is 5.20. The summed E-state index contributed by atoms with van der Waals surface area (Å²) in [5.41, 5.74) is 2.07. The van der Waals surface area contributed by atoms with Crippen molar-refractivity contribution in [2.45, 2.75) is 19.4 Å². The molecular formula is C20H20ClN3OS. The number of hydrogen-bond acceptors (Lipinski definition) is 4. The van der Waals surface area contributed by atoms with Gasteiger partial charge in [0.15, 0.2) is 0 Å². The minimum Gasteiger partial charge on any atom is -0.326 e. The van der Waals surface area contributed by atoms with Crippen molar-refractivity contribution >= 4 is 44.8 Å². The molecule has 0 saturated carbocycles. The summed E-state index contributed by atoms with van der Waals surface area (Å²) in [6.07, 6.45) is 3.81. The Morgan fingerprint density at radius 2 is 2.12 bits per heavy atom. The van der Waals surface area contributed by atoms with Crippen molar-refractivity contribution in [1.82, 2.24) is 9.27 Å². The molecule has 1 fully saturated rings. The summed E-state index contributed by atoms with van der Waals surface area (Å²) in [5, 5.41) is 4.90. The van der Waals surface area contributed by atoms with Gasteiger partial charge in [-0.05, 0) is 66.8 Å². The van der Waals surface area contributed by atoms with E-state index in [1.54, 1.807) is 0 Å². The van der Waals surface area contributed by atoms with Crippen LogP contribution in [-0.4, -0.2) is 28.3 Å². The number of carbonyl (C=O) groups excluding carboxylic acids is 1. The first kappa shape index (κ1) is 17.5. The van der Waals surface area contributed by atoms with Crippen LogP contribution >= 0.6 is 23.1 Å². The highest BCUT2D eigenvalue weighted by atomic mass is 35.5. The number of carbonyl (C=O) groups is 1. The Morgan fingerprint density at radius 3 is 2.96 bits per heavy atom. The van der Waals surface area contributed by atoms with Gasteiger partial charge in [-0.3, -0.25) is 9.69 Å². The predicted molar refractivity (Wildman–Crippen MR) is 108 cm³/mol. The summed E-state index contributed by atoms with van der Waals surface area (Å²) >= 11 is 7.42. The molecule has 1 aromatic heterocycles. The van der Waals surface area contributed by atoms with Gasteiger partial charge in [0.05, 0.1) is 10.6 Å². The maximum Gasteiger partial charge on any atom is 0.228 e. The first-order valence-electron chi connectivity index (χ1n) is 8.79. The standard InChI is InChI=1S/C20H20ClN3OS/c21-17-5-3-14(4-6-17)12-24-9-1-2-15(13-24)20(25)23-18-7-8-19-16(10-18)11-22-26-19/h3-8,10-11,15H,1-2,9,12-13H2,(H,23,25)/t15-/m0/s1. The molecule has 26 heavy (non-hydrogen) atoms. The number of aromatic nitrogens is 1. The molecule has 6 heteroatoms. The van der Waals surface area contributed by atoms with E-state index < -0.39 is 0 Å². The molecule has 1 amide bonds. The van der Waals surface area contributed by atoms with Gasteiger partial charge in [0.25, 0.3) is 0 Å². The number of piperidine rings is 1. The Balaban J connectivity index is 1.38. The second-order valence-electron chi connectivity index (χ2n) is 6.77. The number of hydrogen-bond donors (Lipinski definition) is 1. The van der Waals surface area contributed by atoms with Gasteiger partial charge in [-0.15, -0.1) is 0 Å². The Labute approximate surface area is 161 Å². The summed E-state index contributed by atoms with van der Waals surface area (Å²) in [6.45, 7) is 2.67. The first-order valence-corrected chi connectivity index (χ1v) is 9.94. The number of nitrogens with zero attached hydrogens (tertiary/aromatic N) is 2. The fourth-order valence-corrected chi connectivity index (χ4v) is 4.21. The highest BCUT2D eigenvalue weighted by Crippen LogP contribution is 2.24. The van der Waals surface area contributed by atoms with Crippen LogP contribution < -0.4 is 5.32 Å². The van der Waals surface area contributed by atoms with Crippen molar-refractivity contribution in [2.24, 2.45) is 5.92 Å². The molecular weight excluding hydrogens is 366 g/mol. The molecule has 1 atom stereocenters. The monoisotopic (exact) mass is 385 g/mol. The third-order valence-corrected chi connectivity index (χ3v) is 5.85. The molecule has 2 heterocycles. The van der Waals surface area contributed by atoms with Crippen LogP contribution in [0.1, 0.15) is 18.4 Å². The minimum absolute atomic E-state index is 0.0207. The van der Waals surface area contributed by atoms with Gasteiger partial charge < -0.3 is 5.32 Å². The highest BCUT2D eigenvalue weighted by molar-refractivity contribution is 7.13. The lowest BCUT2D eigenvalue weighted by molar-refractivity contribution is -0.121. The number of benzene rings is 2. The van der Waals surface area contributed by atoms with E-state index in [-0.39, 0.29) is 11.8 Å². The van der Waals surface area contributed by atoms with Crippen LogP contribution in [0.15, 0.2) is 48.7 Å². The summed E-state index contributed by atoms with van der Waals surface area (Å²) in [6, 6.07) is 13.9. The fraction of sp³-hybridized carbons (Fsp3) is 0.300. The zero-order valence-electron chi connectivity index (χ0n) is 14.3. The zero-order valence-corrected chi connectivity index (χ0v) is 15.9. The lowest BCUT2D eigenvalue weighted by Crippen LogP contribution is -2.40. The van der Waals surface area contributed by atoms with Crippen molar-refractivity contribution in [3.05, 3.63) is 59.2 Å². The number of amides is 1. The van der Waals surface area contributed by atoms with Crippen LogP contribution in [0, 0.1) is 5.92 Å². The van der Waals surface area contributed by atoms with E-state index in [1.807, 2.05) is 36.5 Å². The van der Waals surface area contributed by atoms with Gasteiger partial charge in [0.2, 0.25) is 5.91 Å². The van der Waals surface area contributed by atoms with E-state index in [2.05, 4.69) is 26.7 Å². The highest BCUT2D eigenvalue weighted by Gasteiger charge is 2.26. The van der Waals surface area contributed by atoms with Crippen molar-refractivity contribution < 1.29 is 4.79 Å². The van der Waals surface area contributed by atoms with Crippen molar-refractivity contribution in [2.75, 3.05) is 18.4 Å². The van der Waals surface area contributed by atoms with Crippen molar-refractivity contribution in [3.63, 3.8) is 0 Å². The van der Waals surface area contributed by atoms with E-state index in [1.165, 1.54) is 17.1 Å². The molecule has 1 N–H and O–H groups in total. The van der Waals surface area contributed by atoms with Crippen molar-refractivity contribution in [1.29, 1.82) is 0 Å². The van der Waals surface area contributed by atoms with Gasteiger partial charge >= 0.3 is 0 Å². The number of rotatable bonds is 4. The summed E-state index contributed by atoms with van der Waals surface area (Å²) in [4.78, 5) is 15.1. The summed E-state index contributed by atoms with van der Waals surface area (Å²) in [5.74, 6) is 0.126. The third-order valence-electron chi connectivity index (χ3n) is 4.82. The largest absolute Gasteiger partial charge is 0.326 e. The number of likely N-dealkylation sites (tertiary alicyclic amines) is 1. The molecule has 2 aromatic carbocycles. The maximum atomic E-state index is 12.7. The molecule has 0 bridgehead atoms. The molecule has 1 aliphatic heterocycles. The van der Waals surface area contributed by atoms with Gasteiger partial charge in [-0.2, -0.15) is 4.37 Å². The van der Waals surface area contributed by atoms with Crippen LogP contribution in [0.4, 0.5) is 5.69 Å². The normalized spacial score (nSPS) is 18.1. The molecule has 0 unspecified atom stereocenters. The first-order chi connectivity index (χ1) is 12.7. The van der Waals surface area contributed by atoms with Crippen molar-refractivity contribution in [3.8, 4) is 0 Å². The van der Waals surface area contributed by atoms with Crippen LogP contribution in [0.25, 0.3) is 10.1 Å². The van der Waals surface area contributed by atoms with Crippen LogP contribution in [-0.2, 0) is 11.3 Å². The van der Waals surface area contributed by atoms with Gasteiger partial charge in [0.1, 0.15) is 0 Å². The zero-order chi connectivity index (χ0) is 17.9.